The molecule has 0 radical (unpaired) electrons. The molecule has 2 unspecified atom stereocenters. The van der Waals surface area contributed by atoms with Gasteiger partial charge in [-0.25, -0.2) is 9.38 Å². The minimum Gasteiger partial charge on any atom is -0.322 e. The number of aryl methyl sites for hydroxylation is 1. The predicted octanol–water partition coefficient (Wildman–Crippen LogP) is 3.45. The predicted molar refractivity (Wildman–Crippen MR) is 115 cm³/mol. The third-order valence-electron chi connectivity index (χ3n) is 5.97. The van der Waals surface area contributed by atoms with Crippen LogP contribution in [0.5, 0.6) is 0 Å². The first-order chi connectivity index (χ1) is 16.5. The number of amides is 4. The molecule has 2 aromatic rings. The number of imide groups is 1. The summed E-state index contributed by atoms with van der Waals surface area (Å²) in [7, 11) is 0. The van der Waals surface area contributed by atoms with Crippen LogP contribution in [0.15, 0.2) is 41.4 Å². The first kappa shape index (κ1) is 24.2. The standard InChI is InChI=1S/C24H19F4N3O4/c1-12-3-2-4-13(9-12)17(24(26,27)28)10-29-21(33)15-6-5-14-16(20(15)25)11-31(23(14)35)18-7-8-19(32)30-22(18)34/h2-6,9-10,17-18H,7-8,11H2,1H3,(H,30,32,34)/b29-10+. The molecular weight excluding hydrogens is 470 g/mol. The molecule has 0 aliphatic carbocycles. The average Bonchev–Trinajstić information content (AvgIpc) is 3.10. The van der Waals surface area contributed by atoms with Crippen LogP contribution < -0.4 is 5.32 Å². The number of carbonyl (C=O) groups excluding carboxylic acids is 4. The molecule has 2 aliphatic heterocycles. The van der Waals surface area contributed by atoms with Crippen LogP contribution in [0.2, 0.25) is 0 Å². The van der Waals surface area contributed by atoms with E-state index in [1.165, 1.54) is 24.3 Å². The first-order valence-electron chi connectivity index (χ1n) is 10.6. The van der Waals surface area contributed by atoms with Gasteiger partial charge < -0.3 is 4.90 Å². The van der Waals surface area contributed by atoms with E-state index in [9.17, 15) is 32.3 Å². The molecule has 2 atom stereocenters. The van der Waals surface area contributed by atoms with Gasteiger partial charge in [-0.05, 0) is 31.0 Å². The molecule has 182 valence electrons. The molecule has 2 aliphatic rings. The number of hydrogen-bond donors (Lipinski definition) is 1. The number of nitrogens with zero attached hydrogens (tertiary/aromatic N) is 2. The maximum Gasteiger partial charge on any atom is 0.400 e. The summed E-state index contributed by atoms with van der Waals surface area (Å²) >= 11 is 0. The molecule has 1 N–H and O–H groups in total. The van der Waals surface area contributed by atoms with Crippen molar-refractivity contribution in [3.8, 4) is 0 Å². The summed E-state index contributed by atoms with van der Waals surface area (Å²) in [6.07, 6.45) is -4.22. The Morgan fingerprint density at radius 1 is 1.20 bits per heavy atom. The first-order valence-corrected chi connectivity index (χ1v) is 10.6. The molecule has 7 nitrogen and oxygen atoms in total. The highest BCUT2D eigenvalue weighted by molar-refractivity contribution is 6.06. The van der Waals surface area contributed by atoms with Crippen molar-refractivity contribution in [3.63, 3.8) is 0 Å². The second-order valence-electron chi connectivity index (χ2n) is 8.37. The monoisotopic (exact) mass is 489 g/mol. The Balaban J connectivity index is 1.59. The SMILES string of the molecule is Cc1cccc(C(/C=N/C(=O)c2ccc3c(c2F)CN(C2CCC(=O)NC2=O)C3=O)C(F)(F)F)c1. The third-order valence-corrected chi connectivity index (χ3v) is 5.97. The molecule has 35 heavy (non-hydrogen) atoms. The van der Waals surface area contributed by atoms with Gasteiger partial charge in [0.25, 0.3) is 11.8 Å². The van der Waals surface area contributed by atoms with Crippen LogP contribution in [0.3, 0.4) is 0 Å². The van der Waals surface area contributed by atoms with E-state index in [1.54, 1.807) is 13.0 Å². The van der Waals surface area contributed by atoms with Crippen molar-refractivity contribution in [2.45, 2.75) is 44.4 Å². The molecule has 4 rings (SSSR count). The average molecular weight is 489 g/mol. The summed E-state index contributed by atoms with van der Waals surface area (Å²) in [5, 5.41) is 2.12. The number of fused-ring (bicyclic) bond motifs is 1. The van der Waals surface area contributed by atoms with Crippen LogP contribution in [0.4, 0.5) is 17.6 Å². The summed E-state index contributed by atoms with van der Waals surface area (Å²) in [6, 6.07) is 6.83. The van der Waals surface area contributed by atoms with E-state index < -0.39 is 53.1 Å². The van der Waals surface area contributed by atoms with Gasteiger partial charge in [-0.15, -0.1) is 0 Å². The summed E-state index contributed by atoms with van der Waals surface area (Å²) in [6.45, 7) is 1.30. The van der Waals surface area contributed by atoms with Gasteiger partial charge in [0.05, 0.1) is 12.1 Å². The maximum atomic E-state index is 15.2. The molecule has 0 spiro atoms. The number of piperidine rings is 1. The fourth-order valence-electron chi connectivity index (χ4n) is 4.20. The summed E-state index contributed by atoms with van der Waals surface area (Å²) in [4.78, 5) is 53.2. The maximum absolute atomic E-state index is 15.2. The van der Waals surface area contributed by atoms with E-state index >= 15 is 4.39 Å². The smallest absolute Gasteiger partial charge is 0.322 e. The number of carbonyl (C=O) groups is 4. The van der Waals surface area contributed by atoms with Crippen molar-refractivity contribution in [2.75, 3.05) is 0 Å². The van der Waals surface area contributed by atoms with Crippen molar-refractivity contribution in [3.05, 3.63) is 70.0 Å². The van der Waals surface area contributed by atoms with E-state index in [0.717, 1.165) is 11.0 Å². The summed E-state index contributed by atoms with van der Waals surface area (Å²) in [5.74, 6) is -6.31. The van der Waals surface area contributed by atoms with Crippen molar-refractivity contribution in [2.24, 2.45) is 4.99 Å². The van der Waals surface area contributed by atoms with Crippen LogP contribution >= 0.6 is 0 Å². The number of halogens is 4. The minimum absolute atomic E-state index is 0.0127. The third kappa shape index (κ3) is 4.71. The molecule has 1 saturated heterocycles. The molecule has 4 amide bonds. The highest BCUT2D eigenvalue weighted by atomic mass is 19.4. The molecule has 0 bridgehead atoms. The molecule has 2 aromatic carbocycles. The number of alkyl halides is 3. The van der Waals surface area contributed by atoms with Crippen LogP contribution in [0.25, 0.3) is 0 Å². The normalized spacial score (nSPS) is 19.2. The van der Waals surface area contributed by atoms with Gasteiger partial charge in [0.2, 0.25) is 11.8 Å². The van der Waals surface area contributed by atoms with Gasteiger partial charge in [-0.1, -0.05) is 29.8 Å². The molecule has 1 fully saturated rings. The van der Waals surface area contributed by atoms with E-state index in [1.807, 2.05) is 0 Å². The van der Waals surface area contributed by atoms with Crippen LogP contribution in [0.1, 0.15) is 56.2 Å². The fraction of sp³-hybridized carbons (Fsp3) is 0.292. The lowest BCUT2D eigenvalue weighted by atomic mass is 9.98. The highest BCUT2D eigenvalue weighted by Crippen LogP contribution is 2.34. The second-order valence-corrected chi connectivity index (χ2v) is 8.37. The van der Waals surface area contributed by atoms with Gasteiger partial charge >= 0.3 is 6.18 Å². The zero-order valence-corrected chi connectivity index (χ0v) is 18.4. The van der Waals surface area contributed by atoms with E-state index in [2.05, 4.69) is 10.3 Å². The summed E-state index contributed by atoms with van der Waals surface area (Å²) < 4.78 is 56.0. The van der Waals surface area contributed by atoms with Crippen molar-refractivity contribution in [1.29, 1.82) is 0 Å². The number of rotatable bonds is 4. The Bertz CT molecular complexity index is 1270. The van der Waals surface area contributed by atoms with Gasteiger partial charge in [-0.2, -0.15) is 13.2 Å². The lowest BCUT2D eigenvalue weighted by Gasteiger charge is -2.29. The molecule has 0 aromatic heterocycles. The van der Waals surface area contributed by atoms with E-state index in [4.69, 9.17) is 0 Å². The van der Waals surface area contributed by atoms with Crippen LogP contribution in [-0.2, 0) is 16.1 Å². The Hall–Kier alpha value is -3.89. The Morgan fingerprint density at radius 3 is 2.60 bits per heavy atom. The van der Waals surface area contributed by atoms with E-state index in [0.29, 0.717) is 11.8 Å². The van der Waals surface area contributed by atoms with Crippen molar-refractivity contribution < 1.29 is 36.7 Å². The van der Waals surface area contributed by atoms with Crippen molar-refractivity contribution >= 4 is 29.8 Å². The number of hydrogen-bond acceptors (Lipinski definition) is 4. The second kappa shape index (κ2) is 9.05. The highest BCUT2D eigenvalue weighted by Gasteiger charge is 2.42. The zero-order chi connectivity index (χ0) is 25.5. The van der Waals surface area contributed by atoms with Crippen LogP contribution in [-0.4, -0.2) is 47.0 Å². The quantitative estimate of drug-likeness (QED) is 0.404. The molecular formula is C24H19F4N3O4. The Morgan fingerprint density at radius 2 is 1.94 bits per heavy atom. The number of benzene rings is 2. The Kier molecular flexibility index (Phi) is 6.27. The van der Waals surface area contributed by atoms with Gasteiger partial charge in [0.1, 0.15) is 17.8 Å². The van der Waals surface area contributed by atoms with Gasteiger partial charge in [0, 0.05) is 23.8 Å². The molecule has 0 saturated carbocycles. The van der Waals surface area contributed by atoms with Gasteiger partial charge in [0.15, 0.2) is 0 Å². The fourth-order valence-corrected chi connectivity index (χ4v) is 4.20. The van der Waals surface area contributed by atoms with E-state index in [-0.39, 0.29) is 36.1 Å². The van der Waals surface area contributed by atoms with Crippen molar-refractivity contribution in [1.82, 2.24) is 10.2 Å². The van der Waals surface area contributed by atoms with Crippen LogP contribution in [0, 0.1) is 12.7 Å². The summed E-state index contributed by atoms with van der Waals surface area (Å²) in [5.41, 5.74) is -0.351. The lowest BCUT2D eigenvalue weighted by molar-refractivity contribution is -0.137. The minimum atomic E-state index is -4.73. The largest absolute Gasteiger partial charge is 0.400 e. The lowest BCUT2D eigenvalue weighted by Crippen LogP contribution is -2.52. The molecule has 11 heteroatoms. The number of aliphatic imine (C=N–C) groups is 1. The number of nitrogens with one attached hydrogen (secondary N) is 1. The Labute approximate surface area is 196 Å². The topological polar surface area (TPSA) is 95.9 Å². The molecule has 2 heterocycles. The van der Waals surface area contributed by atoms with Gasteiger partial charge in [-0.3, -0.25) is 24.5 Å². The zero-order valence-electron chi connectivity index (χ0n) is 18.4.